The Balaban J connectivity index is 2.13. The number of aryl methyl sites for hydroxylation is 2. The zero-order valence-electron chi connectivity index (χ0n) is 12.5. The third kappa shape index (κ3) is 2.19. The van der Waals surface area contributed by atoms with Crippen LogP contribution in [0.1, 0.15) is 34.8 Å². The summed E-state index contributed by atoms with van der Waals surface area (Å²) in [6.07, 6.45) is 1.43. The van der Waals surface area contributed by atoms with Gasteiger partial charge in [-0.1, -0.05) is 0 Å². The minimum Gasteiger partial charge on any atom is -0.323 e. The van der Waals surface area contributed by atoms with E-state index in [4.69, 9.17) is 0 Å². The molecular formula is C14H17N3O2S2. The van der Waals surface area contributed by atoms with Crippen LogP contribution in [0.3, 0.4) is 0 Å². The molecule has 0 N–H and O–H groups in total. The summed E-state index contributed by atoms with van der Waals surface area (Å²) in [6, 6.07) is 0. The molecule has 112 valence electrons. The summed E-state index contributed by atoms with van der Waals surface area (Å²) in [5, 5.41) is 0. The van der Waals surface area contributed by atoms with Crippen molar-refractivity contribution < 1.29 is 4.79 Å². The molecule has 1 amide bonds. The van der Waals surface area contributed by atoms with E-state index in [2.05, 4.69) is 4.98 Å². The molecule has 21 heavy (non-hydrogen) atoms. The van der Waals surface area contributed by atoms with Crippen molar-refractivity contribution in [2.75, 3.05) is 12.3 Å². The van der Waals surface area contributed by atoms with Gasteiger partial charge in [-0.2, -0.15) is 0 Å². The highest BCUT2D eigenvalue weighted by molar-refractivity contribution is 8.00. The van der Waals surface area contributed by atoms with E-state index in [1.807, 2.05) is 27.7 Å². The number of thioether (sulfide) groups is 1. The maximum Gasteiger partial charge on any atom is 0.271 e. The highest BCUT2D eigenvalue weighted by atomic mass is 32.2. The number of carbonyl (C=O) groups excluding carboxylic acids is 1. The number of carbonyl (C=O) groups is 1. The van der Waals surface area contributed by atoms with Crippen LogP contribution in [0.5, 0.6) is 0 Å². The molecule has 0 saturated carbocycles. The zero-order valence-corrected chi connectivity index (χ0v) is 14.1. The predicted molar refractivity (Wildman–Crippen MR) is 86.4 cm³/mol. The maximum atomic E-state index is 12.7. The van der Waals surface area contributed by atoms with Gasteiger partial charge in [-0.3, -0.25) is 14.0 Å². The summed E-state index contributed by atoms with van der Waals surface area (Å²) in [4.78, 5) is 32.8. The zero-order chi connectivity index (χ0) is 15.4. The molecule has 7 heteroatoms. The van der Waals surface area contributed by atoms with E-state index in [1.165, 1.54) is 17.5 Å². The number of rotatable bonds is 1. The summed E-state index contributed by atoms with van der Waals surface area (Å²) < 4.78 is 1.55. The van der Waals surface area contributed by atoms with Gasteiger partial charge in [0, 0.05) is 29.1 Å². The minimum absolute atomic E-state index is 0.156. The van der Waals surface area contributed by atoms with Crippen LogP contribution in [0, 0.1) is 13.8 Å². The Morgan fingerprint density at radius 1 is 1.38 bits per heavy atom. The Morgan fingerprint density at radius 3 is 2.71 bits per heavy atom. The molecular weight excluding hydrogens is 306 g/mol. The van der Waals surface area contributed by atoms with Crippen LogP contribution in [-0.2, 0) is 0 Å². The van der Waals surface area contributed by atoms with E-state index in [-0.39, 0.29) is 21.9 Å². The molecule has 1 fully saturated rings. The molecule has 5 nitrogen and oxygen atoms in total. The third-order valence-electron chi connectivity index (χ3n) is 3.91. The molecule has 1 aliphatic rings. The van der Waals surface area contributed by atoms with Gasteiger partial charge < -0.3 is 4.90 Å². The van der Waals surface area contributed by atoms with Crippen LogP contribution < -0.4 is 5.56 Å². The first kappa shape index (κ1) is 14.6. The topological polar surface area (TPSA) is 54.7 Å². The van der Waals surface area contributed by atoms with Crippen molar-refractivity contribution in [1.29, 1.82) is 0 Å². The van der Waals surface area contributed by atoms with Gasteiger partial charge >= 0.3 is 0 Å². The van der Waals surface area contributed by atoms with Crippen molar-refractivity contribution in [3.63, 3.8) is 0 Å². The van der Waals surface area contributed by atoms with E-state index < -0.39 is 0 Å². The fourth-order valence-corrected chi connectivity index (χ4v) is 4.58. The fourth-order valence-electron chi connectivity index (χ4n) is 2.55. The van der Waals surface area contributed by atoms with Crippen molar-refractivity contribution in [3.8, 4) is 0 Å². The number of hydrogen-bond acceptors (Lipinski definition) is 5. The molecule has 0 aromatic carbocycles. The lowest BCUT2D eigenvalue weighted by Crippen LogP contribution is -2.43. The SMILES string of the molecule is Cc1sc2ncc(C(=O)N3CCSC3(C)C)c(=O)n2c1C. The summed E-state index contributed by atoms with van der Waals surface area (Å²) in [5.74, 6) is 0.673. The molecule has 3 rings (SSSR count). The molecule has 1 aliphatic heterocycles. The highest BCUT2D eigenvalue weighted by Crippen LogP contribution is 2.35. The number of fused-ring (bicyclic) bond motifs is 1. The minimum atomic E-state index is -0.275. The van der Waals surface area contributed by atoms with Crippen LogP contribution in [0.15, 0.2) is 11.0 Å². The van der Waals surface area contributed by atoms with E-state index in [9.17, 15) is 9.59 Å². The fraction of sp³-hybridized carbons (Fsp3) is 0.500. The van der Waals surface area contributed by atoms with Gasteiger partial charge in [-0.25, -0.2) is 4.98 Å². The molecule has 0 spiro atoms. The first-order valence-electron chi connectivity index (χ1n) is 6.76. The third-order valence-corrected chi connectivity index (χ3v) is 6.30. The second kappa shape index (κ2) is 4.84. The van der Waals surface area contributed by atoms with Crippen LogP contribution in [-0.4, -0.2) is 37.4 Å². The average molecular weight is 323 g/mol. The second-order valence-corrected chi connectivity index (χ2v) is 8.47. The number of hydrogen-bond donors (Lipinski definition) is 0. The number of amides is 1. The smallest absolute Gasteiger partial charge is 0.271 e. The Morgan fingerprint density at radius 2 is 2.10 bits per heavy atom. The van der Waals surface area contributed by atoms with Gasteiger partial charge in [0.1, 0.15) is 5.56 Å². The van der Waals surface area contributed by atoms with E-state index in [1.54, 1.807) is 21.1 Å². The van der Waals surface area contributed by atoms with E-state index in [0.717, 1.165) is 16.3 Å². The van der Waals surface area contributed by atoms with Gasteiger partial charge in [0.15, 0.2) is 4.96 Å². The van der Waals surface area contributed by atoms with Crippen LogP contribution in [0.25, 0.3) is 4.96 Å². The van der Waals surface area contributed by atoms with Gasteiger partial charge in [0.2, 0.25) is 0 Å². The van der Waals surface area contributed by atoms with E-state index in [0.29, 0.717) is 11.5 Å². The molecule has 3 heterocycles. The molecule has 1 saturated heterocycles. The largest absolute Gasteiger partial charge is 0.323 e. The summed E-state index contributed by atoms with van der Waals surface area (Å²) in [5.41, 5.74) is 0.751. The summed E-state index contributed by atoms with van der Waals surface area (Å²) >= 11 is 3.19. The normalized spacial score (nSPS) is 17.6. The number of aromatic nitrogens is 2. The lowest BCUT2D eigenvalue weighted by Gasteiger charge is -2.30. The molecule has 2 aromatic heterocycles. The first-order chi connectivity index (χ1) is 9.83. The highest BCUT2D eigenvalue weighted by Gasteiger charge is 2.37. The second-order valence-electron chi connectivity index (χ2n) is 5.59. The van der Waals surface area contributed by atoms with Crippen molar-refractivity contribution in [3.05, 3.63) is 32.7 Å². The average Bonchev–Trinajstić information content (AvgIpc) is 2.90. The monoisotopic (exact) mass is 323 g/mol. The molecule has 0 aliphatic carbocycles. The number of thiazole rings is 1. The summed E-state index contributed by atoms with van der Waals surface area (Å²) in [7, 11) is 0. The Labute approximate surface area is 131 Å². The Hall–Kier alpha value is -1.34. The van der Waals surface area contributed by atoms with Crippen molar-refractivity contribution in [1.82, 2.24) is 14.3 Å². The van der Waals surface area contributed by atoms with Gasteiger partial charge in [0.25, 0.3) is 11.5 Å². The number of nitrogens with zero attached hydrogens (tertiary/aromatic N) is 3. The summed E-state index contributed by atoms with van der Waals surface area (Å²) in [6.45, 7) is 8.51. The predicted octanol–water partition coefficient (Wildman–Crippen LogP) is 2.30. The maximum absolute atomic E-state index is 12.7. The molecule has 0 bridgehead atoms. The lowest BCUT2D eigenvalue weighted by atomic mass is 10.2. The van der Waals surface area contributed by atoms with E-state index >= 15 is 0 Å². The Kier molecular flexibility index (Phi) is 3.37. The molecule has 0 radical (unpaired) electrons. The molecule has 0 atom stereocenters. The molecule has 2 aromatic rings. The first-order valence-corrected chi connectivity index (χ1v) is 8.57. The Bertz CT molecular complexity index is 791. The lowest BCUT2D eigenvalue weighted by molar-refractivity contribution is 0.0705. The quantitative estimate of drug-likeness (QED) is 0.808. The van der Waals surface area contributed by atoms with Gasteiger partial charge in [-0.15, -0.1) is 23.1 Å². The standard InChI is InChI=1S/C14H17N3O2S2/c1-8-9(2)21-13-15-7-10(12(19)17(8)13)11(18)16-5-6-20-14(16,3)4/h7H,5-6H2,1-4H3. The van der Waals surface area contributed by atoms with Crippen LogP contribution in [0.4, 0.5) is 0 Å². The van der Waals surface area contributed by atoms with Gasteiger partial charge in [-0.05, 0) is 27.7 Å². The van der Waals surface area contributed by atoms with Crippen LogP contribution in [0.2, 0.25) is 0 Å². The van der Waals surface area contributed by atoms with Crippen molar-refractivity contribution in [2.45, 2.75) is 32.6 Å². The van der Waals surface area contributed by atoms with Crippen molar-refractivity contribution in [2.24, 2.45) is 0 Å². The van der Waals surface area contributed by atoms with Gasteiger partial charge in [0.05, 0.1) is 4.87 Å². The van der Waals surface area contributed by atoms with Crippen LogP contribution >= 0.6 is 23.1 Å². The molecule has 0 unspecified atom stereocenters. The van der Waals surface area contributed by atoms with Crippen molar-refractivity contribution >= 4 is 34.0 Å².